The van der Waals surface area contributed by atoms with E-state index in [0.29, 0.717) is 9.13 Å². The summed E-state index contributed by atoms with van der Waals surface area (Å²) in [6.45, 7) is 0. The fraction of sp³-hybridized carbons (Fsp3) is 0. The van der Waals surface area contributed by atoms with Gasteiger partial charge in [0, 0.05) is 9.13 Å². The number of nitrogens with one attached hydrogen (secondary N) is 1. The maximum absolute atomic E-state index is 10.6. The van der Waals surface area contributed by atoms with E-state index < -0.39 is 5.97 Å². The summed E-state index contributed by atoms with van der Waals surface area (Å²) < 4.78 is 0.581. The van der Waals surface area contributed by atoms with E-state index in [1.54, 1.807) is 6.07 Å². The summed E-state index contributed by atoms with van der Waals surface area (Å²) >= 11 is 1.90. The molecular formula is C8H7IN2O2. The molecule has 68 valence electrons. The van der Waals surface area contributed by atoms with Gasteiger partial charge in [0.25, 0.3) is 0 Å². The van der Waals surface area contributed by atoms with Crippen LogP contribution < -0.4 is 5.73 Å². The first-order chi connectivity index (χ1) is 6.02. The molecule has 0 aromatic heterocycles. The molecule has 5 heteroatoms. The van der Waals surface area contributed by atoms with Gasteiger partial charge in [0.1, 0.15) is 5.84 Å². The molecule has 1 aromatic carbocycles. The van der Waals surface area contributed by atoms with Crippen LogP contribution in [-0.4, -0.2) is 16.9 Å². The molecule has 0 heterocycles. The van der Waals surface area contributed by atoms with E-state index in [1.807, 2.05) is 22.6 Å². The van der Waals surface area contributed by atoms with E-state index in [-0.39, 0.29) is 11.4 Å². The average molecular weight is 290 g/mol. The van der Waals surface area contributed by atoms with Gasteiger partial charge in [0.05, 0.1) is 5.56 Å². The number of hydrogen-bond donors (Lipinski definition) is 3. The summed E-state index contributed by atoms with van der Waals surface area (Å²) in [4.78, 5) is 10.6. The van der Waals surface area contributed by atoms with Crippen molar-refractivity contribution in [3.63, 3.8) is 0 Å². The number of carboxylic acids is 1. The third-order valence-corrected chi connectivity index (χ3v) is 2.40. The molecule has 4 nitrogen and oxygen atoms in total. The SMILES string of the molecule is N=C(N)c1ccc(C(=O)O)c(I)c1. The number of carboxylic acid groups (broad SMARTS) is 1. The van der Waals surface area contributed by atoms with Crippen LogP contribution in [0, 0.1) is 8.98 Å². The zero-order valence-corrected chi connectivity index (χ0v) is 8.70. The van der Waals surface area contributed by atoms with E-state index in [9.17, 15) is 4.79 Å². The number of nitrogens with two attached hydrogens (primary N) is 1. The Kier molecular flexibility index (Phi) is 2.86. The second kappa shape index (κ2) is 3.73. The van der Waals surface area contributed by atoms with E-state index in [0.717, 1.165) is 0 Å². The minimum Gasteiger partial charge on any atom is -0.478 e. The highest BCUT2D eigenvalue weighted by Crippen LogP contribution is 2.14. The second-order valence-electron chi connectivity index (χ2n) is 2.41. The van der Waals surface area contributed by atoms with Gasteiger partial charge in [-0.25, -0.2) is 4.79 Å². The molecule has 1 rings (SSSR count). The van der Waals surface area contributed by atoms with Crippen molar-refractivity contribution in [1.82, 2.24) is 0 Å². The molecule has 0 aliphatic carbocycles. The van der Waals surface area contributed by atoms with Crippen LogP contribution in [0.5, 0.6) is 0 Å². The van der Waals surface area contributed by atoms with E-state index in [2.05, 4.69) is 0 Å². The van der Waals surface area contributed by atoms with Gasteiger partial charge in [-0.3, -0.25) is 5.41 Å². The normalized spacial score (nSPS) is 9.62. The van der Waals surface area contributed by atoms with Gasteiger partial charge < -0.3 is 10.8 Å². The Labute approximate surface area is 88.4 Å². The lowest BCUT2D eigenvalue weighted by Gasteiger charge is -2.01. The molecule has 0 saturated carbocycles. The molecule has 0 saturated heterocycles. The summed E-state index contributed by atoms with van der Waals surface area (Å²) in [5, 5.41) is 15.8. The molecular weight excluding hydrogens is 283 g/mol. The Morgan fingerprint density at radius 1 is 1.54 bits per heavy atom. The third kappa shape index (κ3) is 2.18. The maximum atomic E-state index is 10.6. The zero-order chi connectivity index (χ0) is 10.0. The van der Waals surface area contributed by atoms with E-state index in [4.69, 9.17) is 16.2 Å². The summed E-state index contributed by atoms with van der Waals surface area (Å²) in [7, 11) is 0. The molecule has 0 unspecified atom stereocenters. The van der Waals surface area contributed by atoms with Crippen LogP contribution in [0.1, 0.15) is 15.9 Å². The lowest BCUT2D eigenvalue weighted by Crippen LogP contribution is -2.12. The molecule has 0 aliphatic rings. The zero-order valence-electron chi connectivity index (χ0n) is 6.54. The summed E-state index contributed by atoms with van der Waals surface area (Å²) in [5.41, 5.74) is 6.01. The molecule has 0 spiro atoms. The first-order valence-electron chi connectivity index (χ1n) is 3.39. The number of aromatic carboxylic acids is 1. The Morgan fingerprint density at radius 2 is 2.15 bits per heavy atom. The fourth-order valence-corrected chi connectivity index (χ4v) is 1.60. The molecule has 0 aliphatic heterocycles. The van der Waals surface area contributed by atoms with E-state index in [1.165, 1.54) is 12.1 Å². The molecule has 0 atom stereocenters. The smallest absolute Gasteiger partial charge is 0.336 e. The predicted octanol–water partition coefficient (Wildman–Crippen LogP) is 1.27. The monoisotopic (exact) mass is 290 g/mol. The predicted molar refractivity (Wildman–Crippen MR) is 57.1 cm³/mol. The lowest BCUT2D eigenvalue weighted by molar-refractivity contribution is 0.0695. The van der Waals surface area contributed by atoms with Crippen molar-refractivity contribution in [3.8, 4) is 0 Å². The van der Waals surface area contributed by atoms with Gasteiger partial charge in [-0.2, -0.15) is 0 Å². The molecule has 0 amide bonds. The molecule has 0 fully saturated rings. The van der Waals surface area contributed by atoms with Crippen LogP contribution in [0.4, 0.5) is 0 Å². The Balaban J connectivity index is 3.20. The van der Waals surface area contributed by atoms with Gasteiger partial charge in [-0.1, -0.05) is 6.07 Å². The van der Waals surface area contributed by atoms with Crippen LogP contribution in [0.15, 0.2) is 18.2 Å². The Hall–Kier alpha value is -1.11. The Bertz CT molecular complexity index is 376. The second-order valence-corrected chi connectivity index (χ2v) is 3.58. The van der Waals surface area contributed by atoms with Crippen LogP contribution in [0.3, 0.4) is 0 Å². The maximum Gasteiger partial charge on any atom is 0.336 e. The summed E-state index contributed by atoms with van der Waals surface area (Å²) in [5.74, 6) is -1.03. The number of halogens is 1. The van der Waals surface area contributed by atoms with Gasteiger partial charge in [-0.15, -0.1) is 0 Å². The van der Waals surface area contributed by atoms with Gasteiger partial charge >= 0.3 is 5.97 Å². The topological polar surface area (TPSA) is 87.2 Å². The van der Waals surface area contributed by atoms with Crippen LogP contribution in [0.25, 0.3) is 0 Å². The number of carbonyl (C=O) groups is 1. The van der Waals surface area contributed by atoms with Crippen LogP contribution >= 0.6 is 22.6 Å². The molecule has 4 N–H and O–H groups in total. The fourth-order valence-electron chi connectivity index (χ4n) is 0.856. The molecule has 0 bridgehead atoms. The number of hydrogen-bond acceptors (Lipinski definition) is 2. The molecule has 0 radical (unpaired) electrons. The van der Waals surface area contributed by atoms with Crippen molar-refractivity contribution < 1.29 is 9.90 Å². The highest BCUT2D eigenvalue weighted by Gasteiger charge is 2.08. The van der Waals surface area contributed by atoms with Gasteiger partial charge in [0.2, 0.25) is 0 Å². The van der Waals surface area contributed by atoms with Crippen LogP contribution in [0.2, 0.25) is 0 Å². The third-order valence-electron chi connectivity index (χ3n) is 1.51. The minimum atomic E-state index is -0.973. The molecule has 13 heavy (non-hydrogen) atoms. The first kappa shape index (κ1) is 9.97. The first-order valence-corrected chi connectivity index (χ1v) is 4.47. The lowest BCUT2D eigenvalue weighted by atomic mass is 10.1. The van der Waals surface area contributed by atoms with Gasteiger partial charge in [0.15, 0.2) is 0 Å². The summed E-state index contributed by atoms with van der Waals surface area (Å²) in [6, 6.07) is 4.54. The van der Waals surface area contributed by atoms with Crippen molar-refractivity contribution in [2.45, 2.75) is 0 Å². The standard InChI is InChI=1S/C8H7IN2O2/c9-6-3-4(7(10)11)1-2-5(6)8(12)13/h1-3H,(H3,10,11)(H,12,13). The molecule has 1 aromatic rings. The minimum absolute atomic E-state index is 0.0603. The van der Waals surface area contributed by atoms with Crippen molar-refractivity contribution >= 4 is 34.4 Å². The van der Waals surface area contributed by atoms with Crippen molar-refractivity contribution in [1.29, 1.82) is 5.41 Å². The van der Waals surface area contributed by atoms with Crippen molar-refractivity contribution in [2.75, 3.05) is 0 Å². The quantitative estimate of drug-likeness (QED) is 0.435. The van der Waals surface area contributed by atoms with Gasteiger partial charge in [-0.05, 0) is 34.7 Å². The summed E-state index contributed by atoms with van der Waals surface area (Å²) in [6.07, 6.45) is 0. The highest BCUT2D eigenvalue weighted by atomic mass is 127. The highest BCUT2D eigenvalue weighted by molar-refractivity contribution is 14.1. The van der Waals surface area contributed by atoms with Crippen molar-refractivity contribution in [2.24, 2.45) is 5.73 Å². The number of rotatable bonds is 2. The van der Waals surface area contributed by atoms with Crippen LogP contribution in [-0.2, 0) is 0 Å². The largest absolute Gasteiger partial charge is 0.478 e. The van der Waals surface area contributed by atoms with E-state index >= 15 is 0 Å². The number of benzene rings is 1. The Morgan fingerprint density at radius 3 is 2.54 bits per heavy atom. The number of amidine groups is 1. The number of nitrogen functional groups attached to an aromatic ring is 1. The van der Waals surface area contributed by atoms with Crippen molar-refractivity contribution in [3.05, 3.63) is 32.9 Å². The average Bonchev–Trinajstić information content (AvgIpc) is 2.03.